The van der Waals surface area contributed by atoms with Gasteiger partial charge in [-0.3, -0.25) is 9.71 Å². The maximum Gasteiger partial charge on any atom is 0.150 e. The van der Waals surface area contributed by atoms with Gasteiger partial charge in [-0.2, -0.15) is 0 Å². The predicted octanol–water partition coefficient (Wildman–Crippen LogP) is 6.62. The van der Waals surface area contributed by atoms with Crippen molar-refractivity contribution in [3.8, 4) is 11.5 Å². The Hall–Kier alpha value is -1.50. The van der Waals surface area contributed by atoms with E-state index in [0.717, 1.165) is 0 Å². The Morgan fingerprint density at radius 1 is 0.846 bits per heavy atom. The van der Waals surface area contributed by atoms with Gasteiger partial charge in [0, 0.05) is 18.3 Å². The summed E-state index contributed by atoms with van der Waals surface area (Å²) in [6.45, 7) is 0. The Labute approximate surface area is 172 Å². The van der Waals surface area contributed by atoms with Gasteiger partial charge in [0.2, 0.25) is 0 Å². The molecule has 2 aromatic carbocycles. The third-order valence-corrected chi connectivity index (χ3v) is 5.51. The van der Waals surface area contributed by atoms with E-state index in [1.54, 1.807) is 36.4 Å². The third-order valence-electron chi connectivity index (χ3n) is 3.16. The maximum absolute atomic E-state index is 12.4. The minimum absolute atomic E-state index is 0.323. The van der Waals surface area contributed by atoms with Crippen LogP contribution in [0, 0.1) is 0 Å². The SMILES string of the molecule is O=S(Nc1ccc(Oc2cncc(Cl)c2)cc1Cl)c1ccc(Cl)c(Cl)c1. The first-order valence-corrected chi connectivity index (χ1v) is 9.80. The number of hydrogen-bond donors (Lipinski definition) is 1. The van der Waals surface area contributed by atoms with Crippen molar-refractivity contribution >= 4 is 63.1 Å². The summed E-state index contributed by atoms with van der Waals surface area (Å²) in [4.78, 5) is 4.42. The zero-order valence-electron chi connectivity index (χ0n) is 12.9. The highest BCUT2D eigenvalue weighted by molar-refractivity contribution is 7.86. The second-order valence-electron chi connectivity index (χ2n) is 5.03. The van der Waals surface area contributed by atoms with Crippen molar-refractivity contribution < 1.29 is 8.95 Å². The predicted molar refractivity (Wildman–Crippen MR) is 107 cm³/mol. The van der Waals surface area contributed by atoms with Crippen molar-refractivity contribution in [2.45, 2.75) is 4.90 Å². The Balaban J connectivity index is 1.75. The van der Waals surface area contributed by atoms with E-state index >= 15 is 0 Å². The van der Waals surface area contributed by atoms with Crippen LogP contribution in [-0.2, 0) is 11.0 Å². The highest BCUT2D eigenvalue weighted by Crippen LogP contribution is 2.31. The monoisotopic (exact) mass is 446 g/mol. The molecule has 1 unspecified atom stereocenters. The molecule has 3 aromatic rings. The lowest BCUT2D eigenvalue weighted by Crippen LogP contribution is -2.05. The fraction of sp³-hybridized carbons (Fsp3) is 0. The van der Waals surface area contributed by atoms with Crippen LogP contribution in [0.2, 0.25) is 20.1 Å². The Morgan fingerprint density at radius 3 is 2.35 bits per heavy atom. The highest BCUT2D eigenvalue weighted by atomic mass is 35.5. The van der Waals surface area contributed by atoms with Crippen molar-refractivity contribution in [2.24, 2.45) is 0 Å². The molecule has 1 atom stereocenters. The van der Waals surface area contributed by atoms with Gasteiger partial charge in [-0.25, -0.2) is 4.21 Å². The van der Waals surface area contributed by atoms with Gasteiger partial charge in [-0.15, -0.1) is 0 Å². The molecule has 3 rings (SSSR count). The molecule has 0 fully saturated rings. The summed E-state index contributed by atoms with van der Waals surface area (Å²) in [7, 11) is -1.56. The minimum atomic E-state index is -1.56. The van der Waals surface area contributed by atoms with E-state index in [0.29, 0.717) is 42.2 Å². The smallest absolute Gasteiger partial charge is 0.150 e. The van der Waals surface area contributed by atoms with E-state index in [4.69, 9.17) is 51.1 Å². The number of nitrogens with zero attached hydrogens (tertiary/aromatic N) is 1. The average Bonchev–Trinajstić information content (AvgIpc) is 2.59. The molecule has 0 bridgehead atoms. The maximum atomic E-state index is 12.4. The summed E-state index contributed by atoms with van der Waals surface area (Å²) in [5.41, 5.74) is 0.479. The van der Waals surface area contributed by atoms with Crippen molar-refractivity contribution in [3.05, 3.63) is 74.9 Å². The molecule has 9 heteroatoms. The molecule has 1 N–H and O–H groups in total. The number of pyridine rings is 1. The molecular formula is C17H10Cl4N2O2S. The van der Waals surface area contributed by atoms with E-state index in [2.05, 4.69) is 9.71 Å². The van der Waals surface area contributed by atoms with Crippen molar-refractivity contribution in [3.63, 3.8) is 0 Å². The lowest BCUT2D eigenvalue weighted by Gasteiger charge is -2.11. The zero-order chi connectivity index (χ0) is 18.7. The standard InChI is InChI=1S/C17H10Cl4N2O2S/c18-10-5-12(9-22-8-10)25-11-1-4-17(16(21)6-11)23-26(24)13-2-3-14(19)15(20)7-13/h1-9,23H. The van der Waals surface area contributed by atoms with Crippen LogP contribution < -0.4 is 9.46 Å². The summed E-state index contributed by atoms with van der Waals surface area (Å²) in [5.74, 6) is 0.971. The lowest BCUT2D eigenvalue weighted by atomic mass is 10.3. The van der Waals surface area contributed by atoms with Crippen molar-refractivity contribution in [1.29, 1.82) is 0 Å². The zero-order valence-corrected chi connectivity index (χ0v) is 16.7. The van der Waals surface area contributed by atoms with Gasteiger partial charge in [0.05, 0.1) is 36.9 Å². The van der Waals surface area contributed by atoms with E-state index < -0.39 is 11.0 Å². The molecular weight excluding hydrogens is 438 g/mol. The minimum Gasteiger partial charge on any atom is -0.456 e. The first-order chi connectivity index (χ1) is 12.4. The van der Waals surface area contributed by atoms with Crippen molar-refractivity contribution in [2.75, 3.05) is 4.72 Å². The average molecular weight is 448 g/mol. The molecule has 0 aliphatic heterocycles. The number of ether oxygens (including phenoxy) is 1. The normalized spacial score (nSPS) is 11.8. The molecule has 26 heavy (non-hydrogen) atoms. The van der Waals surface area contributed by atoms with Gasteiger partial charge in [0.1, 0.15) is 22.5 Å². The van der Waals surface area contributed by atoms with Crippen LogP contribution in [0.1, 0.15) is 0 Å². The lowest BCUT2D eigenvalue weighted by molar-refractivity contribution is 0.480. The third kappa shape index (κ3) is 4.81. The van der Waals surface area contributed by atoms with Crippen LogP contribution in [0.5, 0.6) is 11.5 Å². The van der Waals surface area contributed by atoms with Crippen LogP contribution in [0.25, 0.3) is 0 Å². The number of aromatic nitrogens is 1. The quantitative estimate of drug-likeness (QED) is 0.477. The number of nitrogens with one attached hydrogen (secondary N) is 1. The Bertz CT molecular complexity index is 985. The summed E-state index contributed by atoms with van der Waals surface area (Å²) >= 11 is 23.9. The Morgan fingerprint density at radius 2 is 1.65 bits per heavy atom. The fourth-order valence-electron chi connectivity index (χ4n) is 1.98. The van der Waals surface area contributed by atoms with Crippen molar-refractivity contribution in [1.82, 2.24) is 4.98 Å². The molecule has 0 saturated carbocycles. The second kappa shape index (κ2) is 8.46. The van der Waals surface area contributed by atoms with Crippen LogP contribution in [0.4, 0.5) is 5.69 Å². The molecule has 1 heterocycles. The molecule has 0 spiro atoms. The van der Waals surface area contributed by atoms with E-state index in [-0.39, 0.29) is 0 Å². The molecule has 0 radical (unpaired) electrons. The van der Waals surface area contributed by atoms with Crippen LogP contribution >= 0.6 is 46.4 Å². The van der Waals surface area contributed by atoms with E-state index in [9.17, 15) is 4.21 Å². The van der Waals surface area contributed by atoms with Crippen LogP contribution in [-0.4, -0.2) is 9.19 Å². The van der Waals surface area contributed by atoms with E-state index in [1.165, 1.54) is 18.5 Å². The van der Waals surface area contributed by atoms with Gasteiger partial charge >= 0.3 is 0 Å². The molecule has 4 nitrogen and oxygen atoms in total. The first-order valence-electron chi connectivity index (χ1n) is 7.14. The number of halogens is 4. The fourth-order valence-corrected chi connectivity index (χ4v) is 3.69. The number of anilines is 1. The first kappa shape index (κ1) is 19.3. The number of rotatable bonds is 5. The molecule has 0 saturated heterocycles. The molecule has 0 aliphatic rings. The second-order valence-corrected chi connectivity index (χ2v) is 7.90. The molecule has 1 aromatic heterocycles. The van der Waals surface area contributed by atoms with Gasteiger partial charge in [-0.1, -0.05) is 46.4 Å². The summed E-state index contributed by atoms with van der Waals surface area (Å²) in [6.07, 6.45) is 3.04. The summed E-state index contributed by atoms with van der Waals surface area (Å²) < 4.78 is 20.9. The van der Waals surface area contributed by atoms with Gasteiger partial charge in [0.15, 0.2) is 0 Å². The summed E-state index contributed by atoms with van der Waals surface area (Å²) in [6, 6.07) is 11.3. The van der Waals surface area contributed by atoms with Gasteiger partial charge in [-0.05, 0) is 30.3 Å². The van der Waals surface area contributed by atoms with E-state index in [1.807, 2.05) is 0 Å². The highest BCUT2D eigenvalue weighted by Gasteiger charge is 2.10. The Kier molecular flexibility index (Phi) is 6.27. The molecule has 134 valence electrons. The largest absolute Gasteiger partial charge is 0.456 e. The number of hydrogen-bond acceptors (Lipinski definition) is 3. The molecule has 0 amide bonds. The van der Waals surface area contributed by atoms with Crippen LogP contribution in [0.3, 0.4) is 0 Å². The van der Waals surface area contributed by atoms with Gasteiger partial charge in [0.25, 0.3) is 0 Å². The number of benzene rings is 2. The summed E-state index contributed by atoms with van der Waals surface area (Å²) in [5, 5.41) is 1.52. The topological polar surface area (TPSA) is 51.2 Å². The van der Waals surface area contributed by atoms with Gasteiger partial charge < -0.3 is 4.74 Å². The van der Waals surface area contributed by atoms with Crippen LogP contribution in [0.15, 0.2) is 59.8 Å². The molecule has 0 aliphatic carbocycles.